The Balaban J connectivity index is 2.69. The molecule has 1 aromatic heterocycles. The highest BCUT2D eigenvalue weighted by Gasteiger charge is 2.35. The van der Waals surface area contributed by atoms with Crippen molar-refractivity contribution < 1.29 is 22.3 Å². The van der Waals surface area contributed by atoms with E-state index in [0.717, 1.165) is 6.20 Å². The van der Waals surface area contributed by atoms with Crippen LogP contribution in [0.3, 0.4) is 0 Å². The lowest BCUT2D eigenvalue weighted by Gasteiger charge is -2.13. The third-order valence-corrected chi connectivity index (χ3v) is 3.37. The third-order valence-electron chi connectivity index (χ3n) is 3.07. The fourth-order valence-electron chi connectivity index (χ4n) is 2.02. The van der Waals surface area contributed by atoms with E-state index >= 15 is 0 Å². The van der Waals surface area contributed by atoms with Crippen LogP contribution < -0.4 is 4.74 Å². The Hall–Kier alpha value is -1.76. The Kier molecular flexibility index (Phi) is 4.37. The Labute approximate surface area is 129 Å². The molecule has 2 aromatic rings. The second-order valence-electron chi connectivity index (χ2n) is 4.89. The predicted molar refractivity (Wildman–Crippen MR) is 74.6 cm³/mol. The van der Waals surface area contributed by atoms with Crippen LogP contribution in [0.2, 0.25) is 5.02 Å². The van der Waals surface area contributed by atoms with E-state index in [0.29, 0.717) is 0 Å². The van der Waals surface area contributed by atoms with E-state index in [4.69, 9.17) is 16.3 Å². The molecule has 0 amide bonds. The van der Waals surface area contributed by atoms with Gasteiger partial charge in [-0.05, 0) is 26.0 Å². The average Bonchev–Trinajstić information content (AvgIpc) is 2.84. The second-order valence-corrected chi connectivity index (χ2v) is 5.30. The molecule has 1 heterocycles. The number of hydrogen-bond acceptors (Lipinski definition) is 2. The van der Waals surface area contributed by atoms with Gasteiger partial charge in [0, 0.05) is 12.2 Å². The lowest BCUT2D eigenvalue weighted by molar-refractivity contribution is -0.140. The Bertz CT molecular complexity index is 695. The zero-order chi connectivity index (χ0) is 16.7. The van der Waals surface area contributed by atoms with E-state index in [1.54, 1.807) is 13.8 Å². The zero-order valence-corrected chi connectivity index (χ0v) is 12.8. The van der Waals surface area contributed by atoms with Gasteiger partial charge >= 0.3 is 6.18 Å². The first kappa shape index (κ1) is 16.6. The van der Waals surface area contributed by atoms with Gasteiger partial charge < -0.3 is 9.30 Å². The Morgan fingerprint density at radius 1 is 1.27 bits per heavy atom. The maximum absolute atomic E-state index is 14.4. The number of nitrogens with zero attached hydrogens (tertiary/aromatic N) is 2. The zero-order valence-electron chi connectivity index (χ0n) is 12.0. The molecule has 0 fully saturated rings. The van der Waals surface area contributed by atoms with Gasteiger partial charge in [0.1, 0.15) is 5.82 Å². The summed E-state index contributed by atoms with van der Waals surface area (Å²) in [6.07, 6.45) is -3.75. The van der Waals surface area contributed by atoms with Gasteiger partial charge in [0.25, 0.3) is 0 Å². The summed E-state index contributed by atoms with van der Waals surface area (Å²) < 4.78 is 59.1. The van der Waals surface area contributed by atoms with Crippen molar-refractivity contribution >= 4 is 11.6 Å². The van der Waals surface area contributed by atoms with Crippen molar-refractivity contribution in [1.29, 1.82) is 0 Å². The van der Waals surface area contributed by atoms with Crippen LogP contribution in [-0.2, 0) is 6.18 Å². The fourth-order valence-corrected chi connectivity index (χ4v) is 2.24. The van der Waals surface area contributed by atoms with Crippen LogP contribution in [-0.4, -0.2) is 16.7 Å². The van der Waals surface area contributed by atoms with E-state index in [-0.39, 0.29) is 28.2 Å². The molecule has 0 spiro atoms. The van der Waals surface area contributed by atoms with Crippen LogP contribution in [0.5, 0.6) is 5.75 Å². The SMILES string of the molecule is COc1c(Cl)ccc(-c2nc(C(F)(F)F)cn2C(C)C)c1F. The molecular formula is C14H13ClF4N2O. The standard InChI is InChI=1S/C14H13ClF4N2O/c1-7(2)21-6-10(14(17,18)19)20-13(21)8-4-5-9(15)12(22-3)11(8)16/h4-7H,1-3H3. The van der Waals surface area contributed by atoms with Gasteiger partial charge in [-0.2, -0.15) is 13.2 Å². The molecule has 0 aliphatic carbocycles. The Morgan fingerprint density at radius 3 is 2.41 bits per heavy atom. The minimum absolute atomic E-state index is 0.0300. The molecule has 0 unspecified atom stereocenters. The van der Waals surface area contributed by atoms with Gasteiger partial charge in [0.15, 0.2) is 17.3 Å². The van der Waals surface area contributed by atoms with E-state index in [1.807, 2.05) is 0 Å². The molecule has 0 aliphatic heterocycles. The predicted octanol–water partition coefficient (Wildman–Crippen LogP) is 4.95. The van der Waals surface area contributed by atoms with Crippen molar-refractivity contribution in [3.05, 3.63) is 34.9 Å². The van der Waals surface area contributed by atoms with Crippen molar-refractivity contribution in [3.8, 4) is 17.1 Å². The minimum Gasteiger partial charge on any atom is -0.492 e. The summed E-state index contributed by atoms with van der Waals surface area (Å²) in [6, 6.07) is 2.30. The molecule has 2 rings (SSSR count). The highest BCUT2D eigenvalue weighted by molar-refractivity contribution is 6.32. The topological polar surface area (TPSA) is 27.1 Å². The van der Waals surface area contributed by atoms with Crippen LogP contribution in [0.25, 0.3) is 11.4 Å². The van der Waals surface area contributed by atoms with Crippen LogP contribution >= 0.6 is 11.6 Å². The number of hydrogen-bond donors (Lipinski definition) is 0. The maximum Gasteiger partial charge on any atom is 0.434 e. The summed E-state index contributed by atoms with van der Waals surface area (Å²) in [7, 11) is 1.23. The van der Waals surface area contributed by atoms with Gasteiger partial charge in [0.2, 0.25) is 0 Å². The van der Waals surface area contributed by atoms with Crippen molar-refractivity contribution in [2.75, 3.05) is 7.11 Å². The summed E-state index contributed by atoms with van der Waals surface area (Å²) >= 11 is 5.80. The molecule has 0 saturated carbocycles. The largest absolute Gasteiger partial charge is 0.492 e. The quantitative estimate of drug-likeness (QED) is 0.741. The summed E-state index contributed by atoms with van der Waals surface area (Å²) in [4.78, 5) is 3.54. The first-order valence-electron chi connectivity index (χ1n) is 6.35. The van der Waals surface area contributed by atoms with Crippen LogP contribution in [0.4, 0.5) is 17.6 Å². The van der Waals surface area contributed by atoms with Gasteiger partial charge in [-0.25, -0.2) is 9.37 Å². The lowest BCUT2D eigenvalue weighted by Crippen LogP contribution is -2.05. The van der Waals surface area contributed by atoms with E-state index < -0.39 is 17.7 Å². The van der Waals surface area contributed by atoms with Crippen molar-refractivity contribution in [3.63, 3.8) is 0 Å². The molecule has 0 saturated heterocycles. The van der Waals surface area contributed by atoms with Gasteiger partial charge in [-0.3, -0.25) is 0 Å². The van der Waals surface area contributed by atoms with Gasteiger partial charge in [-0.1, -0.05) is 11.6 Å². The molecule has 0 aliphatic rings. The number of benzene rings is 1. The molecule has 0 atom stereocenters. The normalized spacial score (nSPS) is 12.0. The number of ether oxygens (including phenoxy) is 1. The number of imidazole rings is 1. The minimum atomic E-state index is -4.61. The average molecular weight is 337 g/mol. The molecule has 120 valence electrons. The van der Waals surface area contributed by atoms with E-state index in [9.17, 15) is 17.6 Å². The summed E-state index contributed by atoms with van der Waals surface area (Å²) in [6.45, 7) is 3.35. The van der Waals surface area contributed by atoms with Crippen LogP contribution in [0.15, 0.2) is 18.3 Å². The molecular weight excluding hydrogens is 324 g/mol. The molecule has 3 nitrogen and oxygen atoms in total. The van der Waals surface area contributed by atoms with Gasteiger partial charge in [-0.15, -0.1) is 0 Å². The summed E-state index contributed by atoms with van der Waals surface area (Å²) in [5, 5.41) is 0.0300. The third kappa shape index (κ3) is 2.90. The highest BCUT2D eigenvalue weighted by atomic mass is 35.5. The lowest BCUT2D eigenvalue weighted by atomic mass is 10.1. The first-order chi connectivity index (χ1) is 10.2. The molecule has 8 heteroatoms. The first-order valence-corrected chi connectivity index (χ1v) is 6.73. The molecule has 22 heavy (non-hydrogen) atoms. The monoisotopic (exact) mass is 336 g/mol. The number of methoxy groups -OCH3 is 1. The van der Waals surface area contributed by atoms with E-state index in [2.05, 4.69) is 4.98 Å². The number of rotatable bonds is 3. The number of alkyl halides is 3. The van der Waals surface area contributed by atoms with Crippen molar-refractivity contribution in [1.82, 2.24) is 9.55 Å². The highest BCUT2D eigenvalue weighted by Crippen LogP contribution is 2.37. The molecule has 0 radical (unpaired) electrons. The summed E-state index contributed by atoms with van der Waals surface area (Å²) in [5.41, 5.74) is -1.19. The van der Waals surface area contributed by atoms with Crippen LogP contribution in [0.1, 0.15) is 25.6 Å². The van der Waals surface area contributed by atoms with Crippen molar-refractivity contribution in [2.24, 2.45) is 0 Å². The number of halogens is 5. The fraction of sp³-hybridized carbons (Fsp3) is 0.357. The van der Waals surface area contributed by atoms with E-state index in [1.165, 1.54) is 23.8 Å². The second kappa shape index (κ2) is 5.79. The molecule has 1 aromatic carbocycles. The number of aromatic nitrogens is 2. The molecule has 0 N–H and O–H groups in total. The summed E-state index contributed by atoms with van der Waals surface area (Å²) in [5.74, 6) is -1.21. The van der Waals surface area contributed by atoms with Crippen molar-refractivity contribution in [2.45, 2.75) is 26.1 Å². The van der Waals surface area contributed by atoms with Gasteiger partial charge in [0.05, 0.1) is 17.7 Å². The van der Waals surface area contributed by atoms with Crippen LogP contribution in [0, 0.1) is 5.82 Å². The smallest absolute Gasteiger partial charge is 0.434 e. The molecule has 0 bridgehead atoms. The maximum atomic E-state index is 14.4. The Morgan fingerprint density at radius 2 is 1.91 bits per heavy atom.